The minimum atomic E-state index is -0.706. The molecule has 5 amide bonds. The van der Waals surface area contributed by atoms with Crippen LogP contribution in [0.15, 0.2) is 0 Å². The number of hydroxylamine groups is 2. The largest absolute Gasteiger partial charge is 0.378 e. The number of carbonyl (C=O) groups excluding carboxylic acids is 5. The molecule has 3 rings (SSSR count). The number of hydrogen-bond acceptors (Lipinski definition) is 31. The van der Waals surface area contributed by atoms with Crippen LogP contribution in [-0.4, -0.2) is 382 Å². The molecule has 0 aromatic rings. The smallest absolute Gasteiger partial charge is 0.335 e. The van der Waals surface area contributed by atoms with Gasteiger partial charge in [-0.15, -0.1) is 5.06 Å². The fourth-order valence-corrected chi connectivity index (χ4v) is 10.3. The molecule has 0 aromatic heterocycles. The molecule has 3 heterocycles. The molecular weight excluding hydrogens is 1350 g/mol. The number of imide groups is 1. The van der Waals surface area contributed by atoms with Gasteiger partial charge in [-0.2, -0.15) is 11.8 Å². The Hall–Kier alpha value is -3.26. The van der Waals surface area contributed by atoms with E-state index in [9.17, 15) is 24.0 Å². The van der Waals surface area contributed by atoms with Crippen molar-refractivity contribution in [3.63, 3.8) is 0 Å². The highest BCUT2D eigenvalue weighted by atomic mass is 32.2. The molecular formula is C65H120N4O30S. The van der Waals surface area contributed by atoms with Crippen molar-refractivity contribution >= 4 is 41.5 Å². The van der Waals surface area contributed by atoms with E-state index < -0.39 is 17.8 Å². The van der Waals surface area contributed by atoms with Crippen molar-refractivity contribution in [2.24, 2.45) is 0 Å². The zero-order valence-electron chi connectivity index (χ0n) is 59.1. The third-order valence-electron chi connectivity index (χ3n) is 13.9. The first-order valence-corrected chi connectivity index (χ1v) is 36.4. The lowest BCUT2D eigenvalue weighted by atomic mass is 10.0. The number of nitrogens with one attached hydrogen (secondary N) is 3. The lowest BCUT2D eigenvalue weighted by Crippen LogP contribution is -2.36. The second kappa shape index (κ2) is 71.4. The van der Waals surface area contributed by atoms with Gasteiger partial charge in [0.2, 0.25) is 5.91 Å². The van der Waals surface area contributed by atoms with Gasteiger partial charge in [-0.1, -0.05) is 6.42 Å². The summed E-state index contributed by atoms with van der Waals surface area (Å²) in [6, 6.07) is 0.380. The zero-order valence-corrected chi connectivity index (χ0v) is 60.0. The van der Waals surface area contributed by atoms with E-state index in [4.69, 9.17) is 119 Å². The predicted octanol–water partition coefficient (Wildman–Crippen LogP) is 0.224. The molecule has 3 atom stereocenters. The fourth-order valence-electron chi connectivity index (χ4n) is 8.75. The Morgan fingerprint density at radius 2 is 0.580 bits per heavy atom. The molecule has 3 aliphatic rings. The van der Waals surface area contributed by atoms with E-state index in [1.54, 1.807) is 0 Å². The van der Waals surface area contributed by atoms with Crippen LogP contribution in [0, 0.1) is 0 Å². The van der Waals surface area contributed by atoms with Gasteiger partial charge in [-0.25, -0.2) is 9.59 Å². The Labute approximate surface area is 594 Å². The van der Waals surface area contributed by atoms with E-state index in [1.165, 1.54) is 0 Å². The normalized spacial score (nSPS) is 15.9. The molecule has 0 bridgehead atoms. The van der Waals surface area contributed by atoms with Gasteiger partial charge in [0.15, 0.2) is 0 Å². The van der Waals surface area contributed by atoms with Gasteiger partial charge in [-0.3, -0.25) is 14.4 Å². The van der Waals surface area contributed by atoms with Crippen LogP contribution >= 0.6 is 11.8 Å². The van der Waals surface area contributed by atoms with Crippen molar-refractivity contribution in [1.82, 2.24) is 21.0 Å². The molecule has 0 aliphatic carbocycles. The van der Waals surface area contributed by atoms with Crippen LogP contribution in [-0.2, 0) is 138 Å². The Kier molecular flexibility index (Phi) is 64.9. The summed E-state index contributed by atoms with van der Waals surface area (Å²) < 4.78 is 132. The molecule has 0 saturated carbocycles. The zero-order chi connectivity index (χ0) is 71.0. The van der Waals surface area contributed by atoms with Crippen LogP contribution in [0.2, 0.25) is 0 Å². The maximum atomic E-state index is 12.1. The summed E-state index contributed by atoms with van der Waals surface area (Å²) in [4.78, 5) is 63.0. The lowest BCUT2D eigenvalue weighted by Gasteiger charge is -2.16. The average Bonchev–Trinajstić information content (AvgIpc) is 1.67. The Morgan fingerprint density at radius 3 is 0.850 bits per heavy atom. The molecule has 0 radical (unpaired) electrons. The van der Waals surface area contributed by atoms with Crippen LogP contribution < -0.4 is 16.0 Å². The molecule has 100 heavy (non-hydrogen) atoms. The highest BCUT2D eigenvalue weighted by molar-refractivity contribution is 8.00. The van der Waals surface area contributed by atoms with E-state index >= 15 is 0 Å². The van der Waals surface area contributed by atoms with Gasteiger partial charge in [0.25, 0.3) is 11.8 Å². The van der Waals surface area contributed by atoms with Crippen molar-refractivity contribution in [3.05, 3.63) is 0 Å². The summed E-state index contributed by atoms with van der Waals surface area (Å²) >= 11 is 1.90. The summed E-state index contributed by atoms with van der Waals surface area (Å²) in [6.45, 7) is 21.9. The number of urea groups is 1. The summed E-state index contributed by atoms with van der Waals surface area (Å²) in [5, 5.41) is 9.80. The topological polar surface area (TPSA) is 355 Å². The third kappa shape index (κ3) is 58.1. The predicted molar refractivity (Wildman–Crippen MR) is 358 cm³/mol. The van der Waals surface area contributed by atoms with Gasteiger partial charge in [-0.05, 0) is 12.8 Å². The minimum absolute atomic E-state index is 0.0349. The van der Waals surface area contributed by atoms with Crippen LogP contribution in [0.5, 0.6) is 0 Å². The number of unbranched alkanes of at least 4 members (excludes halogenated alkanes) is 1. The van der Waals surface area contributed by atoms with E-state index in [0.29, 0.717) is 327 Å². The molecule has 3 saturated heterocycles. The standard InChI is InChI=1S/C65H120N4O30S/c70-60(4-2-1-3-59-64-58(57-100-59)67-65(74)68-64)66-8-10-76-12-14-78-16-18-80-20-22-82-24-26-84-28-30-86-32-34-88-36-38-90-40-42-92-44-46-94-48-50-96-52-54-98-56-55-97-53-51-95-49-47-93-45-43-91-41-39-89-37-35-87-33-31-85-29-27-83-25-23-81-21-19-79-17-15-77-13-11-75-9-7-63(73)99-69-61(71)5-6-62(69)72/h58-59,64H,1-57H2,(H,66,70)(H2,67,68,74). The summed E-state index contributed by atoms with van der Waals surface area (Å²) in [6.07, 6.45) is 3.31. The van der Waals surface area contributed by atoms with Gasteiger partial charge in [0, 0.05) is 36.8 Å². The van der Waals surface area contributed by atoms with Crippen molar-refractivity contribution in [2.75, 3.05) is 329 Å². The Morgan fingerprint density at radius 1 is 0.330 bits per heavy atom. The van der Waals surface area contributed by atoms with E-state index in [-0.39, 0.29) is 56.5 Å². The number of ether oxygens (including phenoxy) is 24. The third-order valence-corrected chi connectivity index (χ3v) is 15.4. The first-order valence-electron chi connectivity index (χ1n) is 35.3. The number of amides is 5. The molecule has 586 valence electrons. The Bertz CT molecular complexity index is 1870. The van der Waals surface area contributed by atoms with Gasteiger partial charge < -0.3 is 134 Å². The van der Waals surface area contributed by atoms with Crippen molar-refractivity contribution in [3.8, 4) is 0 Å². The molecule has 3 N–H and O–H groups in total. The van der Waals surface area contributed by atoms with Gasteiger partial charge in [0.05, 0.1) is 336 Å². The van der Waals surface area contributed by atoms with Crippen LogP contribution in [0.1, 0.15) is 44.9 Å². The van der Waals surface area contributed by atoms with E-state index in [1.807, 2.05) is 11.8 Å². The van der Waals surface area contributed by atoms with Crippen molar-refractivity contribution in [1.29, 1.82) is 0 Å². The first kappa shape index (κ1) is 91.0. The molecule has 3 aliphatic heterocycles. The van der Waals surface area contributed by atoms with Crippen molar-refractivity contribution in [2.45, 2.75) is 62.3 Å². The number of fused-ring (bicyclic) bond motifs is 1. The number of thioether (sulfide) groups is 1. The second-order valence-corrected chi connectivity index (χ2v) is 23.0. The SMILES string of the molecule is O=C(CCCCC1SCC2NC(=O)NC21)NCCOCCOCCOCCOCCOCCOCCOCCOCCOCCOCCOCCOCCOCCOCCOCCOCCOCCOCCOCCOCCOCCOCCOCCOCCC(=O)ON1C(=O)CCC1=O. The highest BCUT2D eigenvalue weighted by Gasteiger charge is 2.42. The molecule has 0 spiro atoms. The molecule has 3 unspecified atom stereocenters. The summed E-state index contributed by atoms with van der Waals surface area (Å²) in [5.74, 6) is -0.754. The summed E-state index contributed by atoms with van der Waals surface area (Å²) in [5.41, 5.74) is 0. The van der Waals surface area contributed by atoms with Gasteiger partial charge in [0.1, 0.15) is 0 Å². The summed E-state index contributed by atoms with van der Waals surface area (Å²) in [7, 11) is 0. The monoisotopic (exact) mass is 1470 g/mol. The fraction of sp³-hybridized carbons (Fsp3) is 0.923. The number of rotatable bonds is 81. The molecule has 0 aromatic carbocycles. The molecule has 35 heteroatoms. The second-order valence-electron chi connectivity index (χ2n) is 21.7. The van der Waals surface area contributed by atoms with E-state index in [2.05, 4.69) is 16.0 Å². The molecule has 3 fully saturated rings. The minimum Gasteiger partial charge on any atom is -0.378 e. The number of hydrogen-bond donors (Lipinski definition) is 3. The number of nitrogens with zero attached hydrogens (tertiary/aromatic N) is 1. The average molecular weight is 1470 g/mol. The maximum absolute atomic E-state index is 12.1. The highest BCUT2D eigenvalue weighted by Crippen LogP contribution is 2.33. The van der Waals surface area contributed by atoms with Crippen LogP contribution in [0.3, 0.4) is 0 Å². The number of carbonyl (C=O) groups is 5. The van der Waals surface area contributed by atoms with E-state index in [0.717, 1.165) is 25.0 Å². The Balaban J connectivity index is 0.833. The van der Waals surface area contributed by atoms with Crippen LogP contribution in [0.4, 0.5) is 4.79 Å². The maximum Gasteiger partial charge on any atom is 0.335 e. The van der Waals surface area contributed by atoms with Crippen LogP contribution in [0.25, 0.3) is 0 Å². The first-order chi connectivity index (χ1) is 49.4. The van der Waals surface area contributed by atoms with Gasteiger partial charge >= 0.3 is 12.0 Å². The lowest BCUT2D eigenvalue weighted by molar-refractivity contribution is -0.198. The van der Waals surface area contributed by atoms with Crippen molar-refractivity contribution < 1.29 is 142 Å². The quantitative estimate of drug-likeness (QED) is 0.0417. The molecule has 34 nitrogen and oxygen atoms in total.